The average Bonchev–Trinajstić information content (AvgIpc) is 2.35. The van der Waals surface area contributed by atoms with Crippen molar-refractivity contribution in [2.75, 3.05) is 5.32 Å². The summed E-state index contributed by atoms with van der Waals surface area (Å²) in [6.45, 7) is 2.06. The second-order valence-corrected chi connectivity index (χ2v) is 5.75. The van der Waals surface area contributed by atoms with Crippen molar-refractivity contribution in [2.24, 2.45) is 0 Å². The fourth-order valence-electron chi connectivity index (χ4n) is 2.61. The molecule has 1 aliphatic rings. The summed E-state index contributed by atoms with van der Waals surface area (Å²) in [7, 11) is 0. The molecule has 2 aromatic rings. The highest BCUT2D eigenvalue weighted by atomic mass is 35.5. The maximum Gasteiger partial charge on any atom is 0.0531 e. The van der Waals surface area contributed by atoms with Gasteiger partial charge in [0.1, 0.15) is 0 Å². The maximum absolute atomic E-state index is 5.91. The molecule has 19 heavy (non-hydrogen) atoms. The second-order valence-electron chi connectivity index (χ2n) is 5.31. The predicted molar refractivity (Wildman–Crippen MR) is 79.8 cm³/mol. The third-order valence-corrected chi connectivity index (χ3v) is 3.98. The molecule has 0 radical (unpaired) electrons. The number of nitrogens with one attached hydrogen (secondary N) is 1. The van der Waals surface area contributed by atoms with Crippen molar-refractivity contribution >= 4 is 17.3 Å². The number of hydrogen-bond acceptors (Lipinski definition) is 2. The Kier molecular flexibility index (Phi) is 3.43. The Morgan fingerprint density at radius 3 is 2.58 bits per heavy atom. The number of pyridine rings is 1. The van der Waals surface area contributed by atoms with Crippen LogP contribution in [0.25, 0.3) is 0 Å². The predicted octanol–water partition coefficient (Wildman–Crippen LogP) is 4.40. The molecule has 1 aromatic carbocycles. The standard InChI is InChI=1S/C16H17ClN2/c1-11-6-16(10-18-9-11)19-15-7-13(8-15)12-2-4-14(17)5-3-12/h2-6,9-10,13,15,19H,7-8H2,1H3. The number of aromatic nitrogens is 1. The molecule has 98 valence electrons. The number of halogens is 1. The van der Waals surface area contributed by atoms with Gasteiger partial charge in [-0.15, -0.1) is 0 Å². The molecule has 1 N–H and O–H groups in total. The highest BCUT2D eigenvalue weighted by Gasteiger charge is 2.30. The van der Waals surface area contributed by atoms with E-state index < -0.39 is 0 Å². The summed E-state index contributed by atoms with van der Waals surface area (Å²) >= 11 is 5.91. The Labute approximate surface area is 118 Å². The zero-order valence-corrected chi connectivity index (χ0v) is 11.7. The highest BCUT2D eigenvalue weighted by molar-refractivity contribution is 6.30. The Morgan fingerprint density at radius 2 is 1.89 bits per heavy atom. The SMILES string of the molecule is Cc1cncc(NC2CC(c3ccc(Cl)cc3)C2)c1. The molecular formula is C16H17ClN2. The summed E-state index contributed by atoms with van der Waals surface area (Å²) in [5.74, 6) is 0.660. The normalized spacial score (nSPS) is 21.8. The van der Waals surface area contributed by atoms with E-state index in [0.29, 0.717) is 12.0 Å². The van der Waals surface area contributed by atoms with E-state index in [9.17, 15) is 0 Å². The van der Waals surface area contributed by atoms with E-state index in [1.54, 1.807) is 0 Å². The van der Waals surface area contributed by atoms with Crippen molar-refractivity contribution in [1.82, 2.24) is 4.98 Å². The van der Waals surface area contributed by atoms with Gasteiger partial charge in [0, 0.05) is 23.5 Å². The third-order valence-electron chi connectivity index (χ3n) is 3.73. The molecule has 1 aliphatic carbocycles. The van der Waals surface area contributed by atoms with E-state index in [1.165, 1.54) is 24.0 Å². The van der Waals surface area contributed by atoms with Gasteiger partial charge in [0.2, 0.25) is 0 Å². The highest BCUT2D eigenvalue weighted by Crippen LogP contribution is 2.38. The molecule has 0 atom stereocenters. The summed E-state index contributed by atoms with van der Waals surface area (Å²) in [5.41, 5.74) is 3.71. The van der Waals surface area contributed by atoms with Crippen LogP contribution in [0.5, 0.6) is 0 Å². The van der Waals surface area contributed by atoms with Gasteiger partial charge in [-0.2, -0.15) is 0 Å². The van der Waals surface area contributed by atoms with E-state index in [1.807, 2.05) is 24.5 Å². The molecule has 0 amide bonds. The number of rotatable bonds is 3. The maximum atomic E-state index is 5.91. The molecule has 2 nitrogen and oxygen atoms in total. The molecule has 1 heterocycles. The fraction of sp³-hybridized carbons (Fsp3) is 0.312. The summed E-state index contributed by atoms with van der Waals surface area (Å²) in [4.78, 5) is 4.21. The summed E-state index contributed by atoms with van der Waals surface area (Å²) in [6, 6.07) is 10.9. The first-order valence-corrected chi connectivity index (χ1v) is 7.02. The molecule has 0 bridgehead atoms. The van der Waals surface area contributed by atoms with Gasteiger partial charge in [-0.3, -0.25) is 4.98 Å². The molecule has 0 unspecified atom stereocenters. The third kappa shape index (κ3) is 2.90. The minimum absolute atomic E-state index is 0.560. The molecule has 0 spiro atoms. The molecule has 1 fully saturated rings. The smallest absolute Gasteiger partial charge is 0.0531 e. The second kappa shape index (κ2) is 5.22. The van der Waals surface area contributed by atoms with Crippen LogP contribution in [0, 0.1) is 6.92 Å². The van der Waals surface area contributed by atoms with Crippen molar-refractivity contribution in [1.29, 1.82) is 0 Å². The topological polar surface area (TPSA) is 24.9 Å². The van der Waals surface area contributed by atoms with Crippen LogP contribution in [0.15, 0.2) is 42.7 Å². The van der Waals surface area contributed by atoms with Crippen LogP contribution >= 0.6 is 11.6 Å². The van der Waals surface area contributed by atoms with Crippen molar-refractivity contribution in [3.8, 4) is 0 Å². The van der Waals surface area contributed by atoms with Gasteiger partial charge in [0.25, 0.3) is 0 Å². The Morgan fingerprint density at radius 1 is 1.16 bits per heavy atom. The zero-order chi connectivity index (χ0) is 13.2. The molecule has 0 saturated heterocycles. The van der Waals surface area contributed by atoms with Crippen LogP contribution in [0.2, 0.25) is 5.02 Å². The molecule has 1 aromatic heterocycles. The number of hydrogen-bond donors (Lipinski definition) is 1. The number of nitrogens with zero attached hydrogens (tertiary/aromatic N) is 1. The Balaban J connectivity index is 1.57. The van der Waals surface area contributed by atoms with Crippen LogP contribution in [0.1, 0.15) is 29.9 Å². The van der Waals surface area contributed by atoms with Gasteiger partial charge in [0.05, 0.1) is 5.69 Å². The first kappa shape index (κ1) is 12.5. The van der Waals surface area contributed by atoms with Crippen molar-refractivity contribution in [3.63, 3.8) is 0 Å². The Bertz CT molecular complexity index is 559. The molecule has 3 heteroatoms. The molecule has 1 saturated carbocycles. The van der Waals surface area contributed by atoms with E-state index in [4.69, 9.17) is 11.6 Å². The number of benzene rings is 1. The van der Waals surface area contributed by atoms with E-state index in [2.05, 4.69) is 35.4 Å². The van der Waals surface area contributed by atoms with E-state index >= 15 is 0 Å². The van der Waals surface area contributed by atoms with Gasteiger partial charge in [-0.25, -0.2) is 0 Å². The van der Waals surface area contributed by atoms with Crippen molar-refractivity contribution in [3.05, 3.63) is 58.9 Å². The van der Waals surface area contributed by atoms with Gasteiger partial charge in [-0.1, -0.05) is 23.7 Å². The first-order valence-electron chi connectivity index (χ1n) is 6.64. The quantitative estimate of drug-likeness (QED) is 0.896. The zero-order valence-electron chi connectivity index (χ0n) is 10.9. The fourth-order valence-corrected chi connectivity index (χ4v) is 2.74. The Hall–Kier alpha value is -1.54. The largest absolute Gasteiger partial charge is 0.381 e. The minimum atomic E-state index is 0.560. The molecule has 3 rings (SSSR count). The van der Waals surface area contributed by atoms with Gasteiger partial charge < -0.3 is 5.32 Å². The lowest BCUT2D eigenvalue weighted by Gasteiger charge is -2.36. The van der Waals surface area contributed by atoms with Crippen molar-refractivity contribution < 1.29 is 0 Å². The van der Waals surface area contributed by atoms with Crippen LogP contribution in [0.3, 0.4) is 0 Å². The van der Waals surface area contributed by atoms with Gasteiger partial charge in [-0.05, 0) is 55.0 Å². The lowest BCUT2D eigenvalue weighted by molar-refractivity contribution is 0.374. The molecule has 0 aliphatic heterocycles. The first-order chi connectivity index (χ1) is 9.20. The van der Waals surface area contributed by atoms with Crippen LogP contribution in [-0.2, 0) is 0 Å². The number of aryl methyl sites for hydroxylation is 1. The van der Waals surface area contributed by atoms with Crippen LogP contribution in [-0.4, -0.2) is 11.0 Å². The van der Waals surface area contributed by atoms with Crippen LogP contribution < -0.4 is 5.32 Å². The van der Waals surface area contributed by atoms with Crippen molar-refractivity contribution in [2.45, 2.75) is 31.7 Å². The van der Waals surface area contributed by atoms with Crippen LogP contribution in [0.4, 0.5) is 5.69 Å². The lowest BCUT2D eigenvalue weighted by atomic mass is 9.76. The minimum Gasteiger partial charge on any atom is -0.381 e. The summed E-state index contributed by atoms with van der Waals surface area (Å²) in [6.07, 6.45) is 6.12. The van der Waals surface area contributed by atoms with Gasteiger partial charge in [0.15, 0.2) is 0 Å². The molecular weight excluding hydrogens is 256 g/mol. The van der Waals surface area contributed by atoms with E-state index in [0.717, 1.165) is 10.7 Å². The lowest BCUT2D eigenvalue weighted by Crippen LogP contribution is -2.34. The summed E-state index contributed by atoms with van der Waals surface area (Å²) < 4.78 is 0. The number of anilines is 1. The average molecular weight is 273 g/mol. The summed E-state index contributed by atoms with van der Waals surface area (Å²) in [5, 5.41) is 4.35. The van der Waals surface area contributed by atoms with E-state index in [-0.39, 0.29) is 0 Å². The van der Waals surface area contributed by atoms with Gasteiger partial charge >= 0.3 is 0 Å². The monoisotopic (exact) mass is 272 g/mol.